The third-order valence-corrected chi connectivity index (χ3v) is 6.84. The van der Waals surface area contributed by atoms with Crippen molar-refractivity contribution in [2.45, 2.75) is 31.5 Å². The number of benzene rings is 4. The number of carbonyl (C=O) groups is 2. The predicted molar refractivity (Wildman–Crippen MR) is 142 cm³/mol. The van der Waals surface area contributed by atoms with Gasteiger partial charge in [0.2, 0.25) is 0 Å². The second-order valence-corrected chi connectivity index (χ2v) is 9.36. The highest BCUT2D eigenvalue weighted by molar-refractivity contribution is 5.83. The van der Waals surface area contributed by atoms with Gasteiger partial charge in [0.25, 0.3) is 0 Å². The number of carbonyl (C=O) groups excluding carboxylic acids is 1. The lowest BCUT2D eigenvalue weighted by molar-refractivity contribution is -0.133. The van der Waals surface area contributed by atoms with E-state index in [-0.39, 0.29) is 24.4 Å². The summed E-state index contributed by atoms with van der Waals surface area (Å²) >= 11 is 0. The highest BCUT2D eigenvalue weighted by Crippen LogP contribution is 2.32. The molecule has 0 radical (unpaired) electrons. The fourth-order valence-corrected chi connectivity index (χ4v) is 4.88. The topological polar surface area (TPSA) is 76.1 Å². The fourth-order valence-electron chi connectivity index (χ4n) is 4.88. The third kappa shape index (κ3) is 6.16. The minimum Gasteiger partial charge on any atom is -0.465 e. The average molecular weight is 496 g/mol. The van der Waals surface area contributed by atoms with Crippen molar-refractivity contribution in [3.05, 3.63) is 114 Å². The van der Waals surface area contributed by atoms with E-state index in [0.29, 0.717) is 31.9 Å². The van der Waals surface area contributed by atoms with Crippen molar-refractivity contribution >= 4 is 22.8 Å². The molecule has 4 aromatic carbocycles. The molecule has 6 nitrogen and oxygen atoms in total. The van der Waals surface area contributed by atoms with Crippen molar-refractivity contribution < 1.29 is 24.2 Å². The van der Waals surface area contributed by atoms with Gasteiger partial charge >= 0.3 is 12.1 Å². The van der Waals surface area contributed by atoms with E-state index in [1.54, 1.807) is 12.1 Å². The lowest BCUT2D eigenvalue weighted by Crippen LogP contribution is -2.46. The first-order chi connectivity index (χ1) is 18.0. The number of hydrogen-bond acceptors (Lipinski definition) is 4. The number of esters is 1. The molecule has 2 atom stereocenters. The largest absolute Gasteiger partial charge is 0.465 e. The molecule has 0 aliphatic carbocycles. The number of hydrogen-bond donors (Lipinski definition) is 1. The van der Waals surface area contributed by atoms with Gasteiger partial charge in [0.1, 0.15) is 5.75 Å². The summed E-state index contributed by atoms with van der Waals surface area (Å²) in [4.78, 5) is 25.4. The molecule has 0 spiro atoms. The number of para-hydroxylation sites is 1. The molecule has 0 aromatic heterocycles. The van der Waals surface area contributed by atoms with Crippen molar-refractivity contribution in [2.24, 2.45) is 0 Å². The maximum atomic E-state index is 12.3. The third-order valence-electron chi connectivity index (χ3n) is 6.84. The molecule has 6 heteroatoms. The average Bonchev–Trinajstić information content (AvgIpc) is 2.92. The molecule has 4 aromatic rings. The van der Waals surface area contributed by atoms with E-state index in [1.807, 2.05) is 54.6 Å². The second kappa shape index (κ2) is 11.3. The highest BCUT2D eigenvalue weighted by atomic mass is 16.5. The van der Waals surface area contributed by atoms with Gasteiger partial charge in [-0.3, -0.25) is 4.79 Å². The van der Waals surface area contributed by atoms with Gasteiger partial charge in [-0.1, -0.05) is 78.9 Å². The van der Waals surface area contributed by atoms with Gasteiger partial charge in [0.05, 0.1) is 25.7 Å². The van der Waals surface area contributed by atoms with Crippen LogP contribution in [0, 0.1) is 0 Å². The van der Waals surface area contributed by atoms with E-state index < -0.39 is 6.09 Å². The zero-order chi connectivity index (χ0) is 25.6. The number of ether oxygens (including phenoxy) is 2. The van der Waals surface area contributed by atoms with Crippen LogP contribution in [0.25, 0.3) is 10.8 Å². The second-order valence-electron chi connectivity index (χ2n) is 9.36. The molecule has 1 amide bonds. The van der Waals surface area contributed by atoms with E-state index in [2.05, 4.69) is 30.3 Å². The molecule has 1 fully saturated rings. The maximum absolute atomic E-state index is 12.3. The van der Waals surface area contributed by atoms with E-state index >= 15 is 0 Å². The molecule has 0 bridgehead atoms. The van der Waals surface area contributed by atoms with Crippen molar-refractivity contribution in [1.82, 2.24) is 4.90 Å². The molecule has 2 unspecified atom stereocenters. The molecule has 1 N–H and O–H groups in total. The highest BCUT2D eigenvalue weighted by Gasteiger charge is 2.33. The molecule has 1 aliphatic heterocycles. The molecular weight excluding hydrogens is 466 g/mol. The van der Waals surface area contributed by atoms with Crippen molar-refractivity contribution in [1.29, 1.82) is 0 Å². The van der Waals surface area contributed by atoms with Crippen LogP contribution in [-0.4, -0.2) is 41.3 Å². The monoisotopic (exact) mass is 495 g/mol. The van der Waals surface area contributed by atoms with E-state index in [0.717, 1.165) is 22.1 Å². The van der Waals surface area contributed by atoms with Gasteiger partial charge in [0.15, 0.2) is 0 Å². The smallest absolute Gasteiger partial charge is 0.407 e. The number of carboxylic acid groups (broad SMARTS) is 1. The Hall–Kier alpha value is -4.16. The van der Waals surface area contributed by atoms with Gasteiger partial charge in [0, 0.05) is 12.5 Å². The lowest BCUT2D eigenvalue weighted by Gasteiger charge is -2.37. The van der Waals surface area contributed by atoms with Crippen LogP contribution in [0.3, 0.4) is 0 Å². The number of piperidine rings is 1. The Labute approximate surface area is 216 Å². The van der Waals surface area contributed by atoms with Crippen LogP contribution in [0.5, 0.6) is 5.75 Å². The molecule has 1 saturated heterocycles. The standard InChI is InChI=1S/C31H29NO5/c33-30(37-27-8-2-1-3-9-27)19-22-10-14-25(15-11-22)28-16-17-32(31(34)35)20-29(28)36-21-23-12-13-24-6-4-5-7-26(24)18-23/h1-15,18,28-29H,16-17,19-21H2,(H,34,35). The molecule has 1 heterocycles. The minimum atomic E-state index is -0.926. The van der Waals surface area contributed by atoms with Gasteiger partial charge in [-0.05, 0) is 52.1 Å². The Bertz CT molecular complexity index is 1370. The van der Waals surface area contributed by atoms with Crippen LogP contribution in [-0.2, 0) is 22.6 Å². The quantitative estimate of drug-likeness (QED) is 0.250. The van der Waals surface area contributed by atoms with Gasteiger partial charge in [-0.25, -0.2) is 4.79 Å². The molecule has 37 heavy (non-hydrogen) atoms. The summed E-state index contributed by atoms with van der Waals surface area (Å²) in [6, 6.07) is 31.4. The van der Waals surface area contributed by atoms with Gasteiger partial charge in [-0.15, -0.1) is 0 Å². The molecule has 5 rings (SSSR count). The van der Waals surface area contributed by atoms with Crippen LogP contribution < -0.4 is 4.74 Å². The molecule has 0 saturated carbocycles. The van der Waals surface area contributed by atoms with Crippen LogP contribution in [0.4, 0.5) is 4.79 Å². The summed E-state index contributed by atoms with van der Waals surface area (Å²) in [5.74, 6) is 0.271. The zero-order valence-corrected chi connectivity index (χ0v) is 20.5. The Morgan fingerprint density at radius 1 is 0.838 bits per heavy atom. The molecular formula is C31H29NO5. The summed E-state index contributed by atoms with van der Waals surface area (Å²) in [5, 5.41) is 11.9. The van der Waals surface area contributed by atoms with E-state index in [4.69, 9.17) is 9.47 Å². The molecule has 1 aliphatic rings. The first kappa shape index (κ1) is 24.5. The van der Waals surface area contributed by atoms with E-state index in [1.165, 1.54) is 10.3 Å². The predicted octanol–water partition coefficient (Wildman–Crippen LogP) is 6.04. The number of nitrogens with zero attached hydrogens (tertiary/aromatic N) is 1. The maximum Gasteiger partial charge on any atom is 0.407 e. The summed E-state index contributed by atoms with van der Waals surface area (Å²) in [6.45, 7) is 1.18. The number of likely N-dealkylation sites (tertiary alicyclic amines) is 1. The Morgan fingerprint density at radius 2 is 1.54 bits per heavy atom. The number of fused-ring (bicyclic) bond motifs is 1. The first-order valence-corrected chi connectivity index (χ1v) is 12.5. The van der Waals surface area contributed by atoms with Gasteiger partial charge < -0.3 is 19.5 Å². The Morgan fingerprint density at radius 3 is 2.30 bits per heavy atom. The first-order valence-electron chi connectivity index (χ1n) is 12.5. The normalized spacial score (nSPS) is 17.5. The van der Waals surface area contributed by atoms with E-state index in [9.17, 15) is 14.7 Å². The number of rotatable bonds is 7. The van der Waals surface area contributed by atoms with Crippen molar-refractivity contribution in [3.8, 4) is 5.75 Å². The summed E-state index contributed by atoms with van der Waals surface area (Å²) in [6.07, 6.45) is -0.353. The fraction of sp³-hybridized carbons (Fsp3) is 0.226. The van der Waals surface area contributed by atoms with Crippen molar-refractivity contribution in [2.75, 3.05) is 13.1 Å². The van der Waals surface area contributed by atoms with Crippen LogP contribution in [0.1, 0.15) is 29.0 Å². The van der Waals surface area contributed by atoms with Gasteiger partial charge in [-0.2, -0.15) is 0 Å². The zero-order valence-electron chi connectivity index (χ0n) is 20.5. The molecule has 188 valence electrons. The lowest BCUT2D eigenvalue weighted by atomic mass is 9.86. The van der Waals surface area contributed by atoms with Crippen LogP contribution >= 0.6 is 0 Å². The Balaban J connectivity index is 1.26. The summed E-state index contributed by atoms with van der Waals surface area (Å²) in [5.41, 5.74) is 2.99. The van der Waals surface area contributed by atoms with Crippen molar-refractivity contribution in [3.63, 3.8) is 0 Å². The minimum absolute atomic E-state index is 0.0568. The van der Waals surface area contributed by atoms with Crippen LogP contribution in [0.15, 0.2) is 97.1 Å². The SMILES string of the molecule is O=C(Cc1ccc(C2CCN(C(=O)O)CC2OCc2ccc3ccccc3c2)cc1)Oc1ccccc1. The summed E-state index contributed by atoms with van der Waals surface area (Å²) < 4.78 is 11.7. The number of amides is 1. The Kier molecular flexibility index (Phi) is 7.47. The summed E-state index contributed by atoms with van der Waals surface area (Å²) in [7, 11) is 0. The van der Waals surface area contributed by atoms with Crippen LogP contribution in [0.2, 0.25) is 0 Å².